The highest BCUT2D eigenvalue weighted by molar-refractivity contribution is 5.98. The molecule has 27 heavy (non-hydrogen) atoms. The second-order valence-corrected chi connectivity index (χ2v) is 7.05. The molecule has 9 heteroatoms. The van der Waals surface area contributed by atoms with E-state index >= 15 is 0 Å². The minimum atomic E-state index is -4.68. The molecular weight excluding hydrogens is 365 g/mol. The third-order valence-corrected chi connectivity index (χ3v) is 5.53. The number of aliphatic carboxylic acids is 1. The lowest BCUT2D eigenvalue weighted by atomic mass is 9.81. The fraction of sp³-hybridized carbons (Fsp3) is 0.500. The van der Waals surface area contributed by atoms with Crippen molar-refractivity contribution in [2.45, 2.75) is 25.4 Å². The maximum absolute atomic E-state index is 13.0. The molecule has 2 aliphatic rings. The Hall–Kier alpha value is -2.58. The highest BCUT2D eigenvalue weighted by Crippen LogP contribution is 2.48. The van der Waals surface area contributed by atoms with E-state index in [1.807, 2.05) is 0 Å². The highest BCUT2D eigenvalue weighted by Gasteiger charge is 2.55. The second kappa shape index (κ2) is 6.86. The maximum Gasteiger partial charge on any atom is 0.417 e. The number of carbonyl (C=O) groups is 3. The van der Waals surface area contributed by atoms with Crippen LogP contribution in [0.5, 0.6) is 0 Å². The lowest BCUT2D eigenvalue weighted by molar-refractivity contribution is -0.149. The van der Waals surface area contributed by atoms with Crippen LogP contribution in [0.4, 0.5) is 13.2 Å². The van der Waals surface area contributed by atoms with Gasteiger partial charge in [-0.25, -0.2) is 0 Å². The fourth-order valence-corrected chi connectivity index (χ4v) is 4.12. The molecule has 2 N–H and O–H groups in total. The summed E-state index contributed by atoms with van der Waals surface area (Å²) in [6.45, 7) is -0.117. The Kier molecular flexibility index (Phi) is 4.88. The lowest BCUT2D eigenvalue weighted by Gasteiger charge is -2.23. The first kappa shape index (κ1) is 19.2. The van der Waals surface area contributed by atoms with Gasteiger partial charge in [-0.15, -0.1) is 0 Å². The Bertz CT molecular complexity index is 780. The molecule has 0 spiro atoms. The molecule has 1 aliphatic carbocycles. The Labute approximate surface area is 153 Å². The van der Waals surface area contributed by atoms with Gasteiger partial charge >= 0.3 is 12.1 Å². The van der Waals surface area contributed by atoms with Gasteiger partial charge in [0.1, 0.15) is 0 Å². The average Bonchev–Trinajstić information content (AvgIpc) is 3.17. The van der Waals surface area contributed by atoms with Crippen molar-refractivity contribution in [2.24, 2.45) is 11.3 Å². The molecule has 2 fully saturated rings. The summed E-state index contributed by atoms with van der Waals surface area (Å²) in [6.07, 6.45) is -2.66. The normalized spacial score (nSPS) is 24.6. The van der Waals surface area contributed by atoms with Crippen LogP contribution in [0.25, 0.3) is 0 Å². The Morgan fingerprint density at radius 2 is 1.96 bits per heavy atom. The van der Waals surface area contributed by atoms with Crippen LogP contribution in [0.3, 0.4) is 0 Å². The number of hydrogen-bond acceptors (Lipinski definition) is 3. The first-order valence-corrected chi connectivity index (χ1v) is 8.61. The number of nitrogens with one attached hydrogen (secondary N) is 1. The van der Waals surface area contributed by atoms with E-state index in [0.29, 0.717) is 13.0 Å². The molecule has 0 bridgehead atoms. The summed E-state index contributed by atoms with van der Waals surface area (Å²) in [5, 5.41) is 11.8. The van der Waals surface area contributed by atoms with Gasteiger partial charge < -0.3 is 15.3 Å². The largest absolute Gasteiger partial charge is 0.481 e. The van der Waals surface area contributed by atoms with Crippen molar-refractivity contribution in [3.05, 3.63) is 35.4 Å². The number of carbonyl (C=O) groups excluding carboxylic acids is 2. The van der Waals surface area contributed by atoms with E-state index < -0.39 is 47.0 Å². The van der Waals surface area contributed by atoms with Crippen molar-refractivity contribution in [2.75, 3.05) is 19.6 Å². The van der Waals surface area contributed by atoms with Gasteiger partial charge in [-0.2, -0.15) is 13.2 Å². The third-order valence-electron chi connectivity index (χ3n) is 5.53. The van der Waals surface area contributed by atoms with Crippen molar-refractivity contribution >= 4 is 17.8 Å². The zero-order valence-corrected chi connectivity index (χ0v) is 14.4. The molecular formula is C18H19F3N2O4. The van der Waals surface area contributed by atoms with Crippen molar-refractivity contribution in [3.8, 4) is 0 Å². The second-order valence-electron chi connectivity index (χ2n) is 7.05. The molecule has 6 nitrogen and oxygen atoms in total. The molecule has 1 heterocycles. The van der Waals surface area contributed by atoms with E-state index in [1.54, 1.807) is 0 Å². The summed E-state index contributed by atoms with van der Waals surface area (Å²) < 4.78 is 39.0. The molecule has 1 aromatic carbocycles. The van der Waals surface area contributed by atoms with Crippen LogP contribution < -0.4 is 5.32 Å². The van der Waals surface area contributed by atoms with E-state index in [0.717, 1.165) is 25.0 Å². The number of halogens is 3. The van der Waals surface area contributed by atoms with Gasteiger partial charge in [0.15, 0.2) is 0 Å². The van der Waals surface area contributed by atoms with Crippen molar-refractivity contribution in [1.82, 2.24) is 10.2 Å². The first-order chi connectivity index (χ1) is 12.6. The average molecular weight is 384 g/mol. The number of carboxylic acids is 1. The van der Waals surface area contributed by atoms with Gasteiger partial charge in [-0.05, 0) is 30.9 Å². The van der Waals surface area contributed by atoms with Gasteiger partial charge in [0.25, 0.3) is 5.91 Å². The van der Waals surface area contributed by atoms with Crippen LogP contribution >= 0.6 is 0 Å². The topological polar surface area (TPSA) is 86.7 Å². The van der Waals surface area contributed by atoms with Crippen molar-refractivity contribution in [1.29, 1.82) is 0 Å². The molecule has 0 radical (unpaired) electrons. The fourth-order valence-electron chi connectivity index (χ4n) is 4.12. The van der Waals surface area contributed by atoms with E-state index in [2.05, 4.69) is 5.32 Å². The number of fused-ring (bicyclic) bond motifs is 1. The summed E-state index contributed by atoms with van der Waals surface area (Å²) in [5.74, 6) is -2.55. The van der Waals surface area contributed by atoms with Crippen molar-refractivity contribution < 1.29 is 32.7 Å². The van der Waals surface area contributed by atoms with Crippen LogP contribution in [-0.2, 0) is 15.8 Å². The van der Waals surface area contributed by atoms with Crippen LogP contribution in [0.15, 0.2) is 24.3 Å². The summed E-state index contributed by atoms with van der Waals surface area (Å²) >= 11 is 0. The van der Waals surface area contributed by atoms with Gasteiger partial charge in [-0.1, -0.05) is 18.6 Å². The van der Waals surface area contributed by atoms with Gasteiger partial charge in [0.05, 0.1) is 23.1 Å². The number of benzene rings is 1. The van der Waals surface area contributed by atoms with Crippen molar-refractivity contribution in [3.63, 3.8) is 0 Å². The van der Waals surface area contributed by atoms with Gasteiger partial charge in [-0.3, -0.25) is 14.4 Å². The van der Waals surface area contributed by atoms with Gasteiger partial charge in [0.2, 0.25) is 5.91 Å². The molecule has 3 rings (SSSR count). The highest BCUT2D eigenvalue weighted by atomic mass is 19.4. The Morgan fingerprint density at radius 3 is 2.59 bits per heavy atom. The quantitative estimate of drug-likeness (QED) is 0.833. The summed E-state index contributed by atoms with van der Waals surface area (Å²) in [7, 11) is 0. The monoisotopic (exact) mass is 384 g/mol. The molecule has 1 aromatic rings. The molecule has 0 aromatic heterocycles. The SMILES string of the molecule is O=C(NCC(=O)N1C[C@@H]2CCC[C@@]2(C(=O)O)C1)c1ccccc1C(F)(F)F. The molecule has 2 atom stereocenters. The predicted octanol–water partition coefficient (Wildman–Crippen LogP) is 2.15. The third kappa shape index (κ3) is 3.50. The minimum absolute atomic E-state index is 0.0703. The number of alkyl halides is 3. The number of nitrogens with zero attached hydrogens (tertiary/aromatic N) is 1. The number of hydrogen-bond donors (Lipinski definition) is 2. The minimum Gasteiger partial charge on any atom is -0.481 e. The molecule has 1 saturated carbocycles. The lowest BCUT2D eigenvalue weighted by Crippen LogP contribution is -2.41. The van der Waals surface area contributed by atoms with Crippen LogP contribution in [0.2, 0.25) is 0 Å². The number of rotatable bonds is 4. The maximum atomic E-state index is 13.0. The molecule has 1 saturated heterocycles. The summed E-state index contributed by atoms with van der Waals surface area (Å²) in [5.41, 5.74) is -2.57. The first-order valence-electron chi connectivity index (χ1n) is 8.61. The smallest absolute Gasteiger partial charge is 0.417 e. The summed E-state index contributed by atoms with van der Waals surface area (Å²) in [4.78, 5) is 37.5. The summed E-state index contributed by atoms with van der Waals surface area (Å²) in [6, 6.07) is 4.33. The van der Waals surface area contributed by atoms with Gasteiger partial charge in [0, 0.05) is 13.1 Å². The molecule has 1 aliphatic heterocycles. The zero-order valence-electron chi connectivity index (χ0n) is 14.4. The van der Waals surface area contributed by atoms with Crippen LogP contribution in [0, 0.1) is 11.3 Å². The zero-order chi connectivity index (χ0) is 19.8. The molecule has 0 unspecified atom stereocenters. The predicted molar refractivity (Wildman–Crippen MR) is 87.8 cm³/mol. The molecule has 2 amide bonds. The standard InChI is InChI=1S/C18H19F3N2O4/c19-18(20,21)13-6-2-1-5-12(13)15(25)22-8-14(24)23-9-11-4-3-7-17(11,10-23)16(26)27/h1-2,5-6,11H,3-4,7-10H2,(H,22,25)(H,26,27)/t11-,17+/m0/s1. The number of amides is 2. The Balaban J connectivity index is 1.64. The number of carboxylic acid groups (broad SMARTS) is 1. The van der Waals surface area contributed by atoms with Crippen LogP contribution in [-0.4, -0.2) is 47.4 Å². The van der Waals surface area contributed by atoms with E-state index in [1.165, 1.54) is 17.0 Å². The van der Waals surface area contributed by atoms with E-state index in [9.17, 15) is 32.7 Å². The van der Waals surface area contributed by atoms with E-state index in [-0.39, 0.29) is 12.5 Å². The Morgan fingerprint density at radius 1 is 1.26 bits per heavy atom. The van der Waals surface area contributed by atoms with Crippen LogP contribution in [0.1, 0.15) is 35.2 Å². The van der Waals surface area contributed by atoms with E-state index in [4.69, 9.17) is 0 Å². The number of likely N-dealkylation sites (tertiary alicyclic amines) is 1. The molecule has 146 valence electrons.